The molecule has 1 heterocycles. The molecule has 0 saturated heterocycles. The third-order valence-corrected chi connectivity index (χ3v) is 3.92. The average molecular weight is 394 g/mol. The van der Waals surface area contributed by atoms with E-state index in [2.05, 4.69) is 20.9 Å². The molecular weight excluding hydrogens is 374 g/mol. The lowest BCUT2D eigenvalue weighted by molar-refractivity contribution is -0.137. The molecular formula is C17H20BrN3O3. The number of aliphatic carboxylic acids is 1. The van der Waals surface area contributed by atoms with E-state index in [-0.39, 0.29) is 24.8 Å². The molecule has 2 rings (SSSR count). The van der Waals surface area contributed by atoms with Gasteiger partial charge in [0.15, 0.2) is 0 Å². The van der Waals surface area contributed by atoms with Crippen LogP contribution in [0.3, 0.4) is 0 Å². The van der Waals surface area contributed by atoms with Crippen LogP contribution in [0.4, 0.5) is 0 Å². The second-order valence-corrected chi connectivity index (χ2v) is 6.85. The number of hydrogen-bond acceptors (Lipinski definition) is 3. The van der Waals surface area contributed by atoms with Crippen molar-refractivity contribution in [2.45, 2.75) is 20.3 Å². The number of halogens is 1. The summed E-state index contributed by atoms with van der Waals surface area (Å²) in [5.41, 5.74) is 1.20. The number of carbonyl (C=O) groups excluding carboxylic acids is 1. The van der Waals surface area contributed by atoms with E-state index in [9.17, 15) is 9.59 Å². The van der Waals surface area contributed by atoms with E-state index in [4.69, 9.17) is 5.11 Å². The Morgan fingerprint density at radius 3 is 2.54 bits per heavy atom. The van der Waals surface area contributed by atoms with Gasteiger partial charge in [0.25, 0.3) is 5.91 Å². The van der Waals surface area contributed by atoms with E-state index in [0.29, 0.717) is 12.2 Å². The van der Waals surface area contributed by atoms with E-state index in [0.717, 1.165) is 10.2 Å². The quantitative estimate of drug-likeness (QED) is 0.783. The van der Waals surface area contributed by atoms with Crippen LogP contribution in [0, 0.1) is 5.92 Å². The minimum atomic E-state index is -0.919. The van der Waals surface area contributed by atoms with Crippen molar-refractivity contribution in [1.29, 1.82) is 0 Å². The molecule has 0 saturated carbocycles. The standard InChI is InChI=1S/C17H20BrN3O3/c1-12(2)9-20(8-7-16(22)23)17(24)15-10-21(11-19-15)14-5-3-13(18)4-6-14/h3-6,10-12H,7-9H2,1-2H3,(H,22,23). The van der Waals surface area contributed by atoms with Gasteiger partial charge in [0.05, 0.1) is 6.42 Å². The highest BCUT2D eigenvalue weighted by Gasteiger charge is 2.20. The van der Waals surface area contributed by atoms with Crippen LogP contribution < -0.4 is 0 Å². The number of aromatic nitrogens is 2. The first-order valence-electron chi connectivity index (χ1n) is 7.68. The number of carboxylic acids is 1. The van der Waals surface area contributed by atoms with Crippen molar-refractivity contribution >= 4 is 27.8 Å². The molecule has 0 aliphatic rings. The Morgan fingerprint density at radius 1 is 1.29 bits per heavy atom. The molecule has 0 aliphatic carbocycles. The molecule has 0 spiro atoms. The second kappa shape index (κ2) is 8.10. The number of imidazole rings is 1. The molecule has 128 valence electrons. The molecule has 7 heteroatoms. The second-order valence-electron chi connectivity index (χ2n) is 5.93. The van der Waals surface area contributed by atoms with Crippen molar-refractivity contribution in [2.75, 3.05) is 13.1 Å². The summed E-state index contributed by atoms with van der Waals surface area (Å²) < 4.78 is 2.74. The highest BCUT2D eigenvalue weighted by atomic mass is 79.9. The van der Waals surface area contributed by atoms with Crippen LogP contribution >= 0.6 is 15.9 Å². The lowest BCUT2D eigenvalue weighted by atomic mass is 10.2. The van der Waals surface area contributed by atoms with Crippen LogP contribution in [0.5, 0.6) is 0 Å². The number of benzene rings is 1. The van der Waals surface area contributed by atoms with E-state index in [1.807, 2.05) is 38.1 Å². The predicted molar refractivity (Wildman–Crippen MR) is 94.3 cm³/mol. The Labute approximate surface area is 149 Å². The minimum Gasteiger partial charge on any atom is -0.481 e. The van der Waals surface area contributed by atoms with Gasteiger partial charge >= 0.3 is 5.97 Å². The first kappa shape index (κ1) is 18.2. The highest BCUT2D eigenvalue weighted by molar-refractivity contribution is 9.10. The highest BCUT2D eigenvalue weighted by Crippen LogP contribution is 2.15. The predicted octanol–water partition coefficient (Wildman–Crippen LogP) is 3.21. The van der Waals surface area contributed by atoms with Gasteiger partial charge in [-0.05, 0) is 30.2 Å². The first-order chi connectivity index (χ1) is 11.4. The van der Waals surface area contributed by atoms with Gasteiger partial charge in [0.1, 0.15) is 12.0 Å². The number of rotatable bonds is 7. The summed E-state index contributed by atoms with van der Waals surface area (Å²) in [6, 6.07) is 7.65. The first-order valence-corrected chi connectivity index (χ1v) is 8.47. The van der Waals surface area contributed by atoms with Crippen LogP contribution in [0.2, 0.25) is 0 Å². The number of nitrogens with zero attached hydrogens (tertiary/aromatic N) is 3. The van der Waals surface area contributed by atoms with Crippen LogP contribution in [-0.2, 0) is 4.79 Å². The summed E-state index contributed by atoms with van der Waals surface area (Å²) in [7, 11) is 0. The zero-order chi connectivity index (χ0) is 17.7. The molecule has 0 fully saturated rings. The van der Waals surface area contributed by atoms with E-state index < -0.39 is 5.97 Å². The van der Waals surface area contributed by atoms with Crippen molar-refractivity contribution in [2.24, 2.45) is 5.92 Å². The SMILES string of the molecule is CC(C)CN(CCC(=O)O)C(=O)c1cn(-c2ccc(Br)cc2)cn1. The molecule has 2 aromatic rings. The molecule has 0 radical (unpaired) electrons. The average Bonchev–Trinajstić information content (AvgIpc) is 3.01. The van der Waals surface area contributed by atoms with Gasteiger partial charge in [-0.25, -0.2) is 4.98 Å². The van der Waals surface area contributed by atoms with Gasteiger partial charge in [-0.1, -0.05) is 29.8 Å². The summed E-state index contributed by atoms with van der Waals surface area (Å²) in [6.07, 6.45) is 3.17. The largest absolute Gasteiger partial charge is 0.481 e. The number of hydrogen-bond donors (Lipinski definition) is 1. The topological polar surface area (TPSA) is 75.4 Å². The van der Waals surface area contributed by atoms with E-state index in [1.54, 1.807) is 22.0 Å². The summed E-state index contributed by atoms with van der Waals surface area (Å²) in [5.74, 6) is -0.922. The zero-order valence-corrected chi connectivity index (χ0v) is 15.2. The van der Waals surface area contributed by atoms with Gasteiger partial charge in [-0.3, -0.25) is 9.59 Å². The van der Waals surface area contributed by atoms with Crippen LogP contribution in [0.1, 0.15) is 30.8 Å². The fraction of sp³-hybridized carbons (Fsp3) is 0.353. The fourth-order valence-electron chi connectivity index (χ4n) is 2.30. The molecule has 24 heavy (non-hydrogen) atoms. The molecule has 1 aromatic heterocycles. The lowest BCUT2D eigenvalue weighted by Gasteiger charge is -2.23. The molecule has 0 unspecified atom stereocenters. The van der Waals surface area contributed by atoms with Crippen LogP contribution in [0.25, 0.3) is 5.69 Å². The third kappa shape index (κ3) is 4.92. The molecule has 1 N–H and O–H groups in total. The number of carboxylic acid groups (broad SMARTS) is 1. The Balaban J connectivity index is 2.17. The third-order valence-electron chi connectivity index (χ3n) is 3.39. The number of amides is 1. The zero-order valence-electron chi connectivity index (χ0n) is 13.6. The van der Waals surface area contributed by atoms with Crippen molar-refractivity contribution in [3.8, 4) is 5.69 Å². The van der Waals surface area contributed by atoms with Crippen LogP contribution in [0.15, 0.2) is 41.3 Å². The maximum Gasteiger partial charge on any atom is 0.305 e. The van der Waals surface area contributed by atoms with Gasteiger partial charge in [0, 0.05) is 29.4 Å². The number of carbonyl (C=O) groups is 2. The summed E-state index contributed by atoms with van der Waals surface area (Å²) in [5, 5.41) is 8.86. The van der Waals surface area contributed by atoms with Gasteiger partial charge in [-0.2, -0.15) is 0 Å². The van der Waals surface area contributed by atoms with Gasteiger partial charge in [0.2, 0.25) is 0 Å². The molecule has 0 aliphatic heterocycles. The van der Waals surface area contributed by atoms with Crippen molar-refractivity contribution in [3.63, 3.8) is 0 Å². The van der Waals surface area contributed by atoms with Crippen molar-refractivity contribution in [3.05, 3.63) is 47.0 Å². The molecule has 0 bridgehead atoms. The maximum atomic E-state index is 12.6. The Kier molecular flexibility index (Phi) is 6.14. The monoisotopic (exact) mass is 393 g/mol. The summed E-state index contributed by atoms with van der Waals surface area (Å²) in [4.78, 5) is 29.2. The molecule has 0 atom stereocenters. The van der Waals surface area contributed by atoms with Crippen molar-refractivity contribution < 1.29 is 14.7 Å². The van der Waals surface area contributed by atoms with E-state index in [1.165, 1.54) is 0 Å². The summed E-state index contributed by atoms with van der Waals surface area (Å²) >= 11 is 3.38. The molecule has 1 amide bonds. The normalized spacial score (nSPS) is 10.8. The Bertz CT molecular complexity index is 710. The Morgan fingerprint density at radius 2 is 1.96 bits per heavy atom. The Hall–Kier alpha value is -2.15. The lowest BCUT2D eigenvalue weighted by Crippen LogP contribution is -2.36. The summed E-state index contributed by atoms with van der Waals surface area (Å²) in [6.45, 7) is 4.65. The minimum absolute atomic E-state index is 0.0775. The van der Waals surface area contributed by atoms with Crippen molar-refractivity contribution in [1.82, 2.24) is 14.5 Å². The van der Waals surface area contributed by atoms with Gasteiger partial charge < -0.3 is 14.6 Å². The smallest absolute Gasteiger partial charge is 0.305 e. The maximum absolute atomic E-state index is 12.6. The van der Waals surface area contributed by atoms with Crippen LogP contribution in [-0.4, -0.2) is 44.5 Å². The molecule has 1 aromatic carbocycles. The van der Waals surface area contributed by atoms with Gasteiger partial charge in [-0.15, -0.1) is 0 Å². The molecule has 6 nitrogen and oxygen atoms in total. The van der Waals surface area contributed by atoms with E-state index >= 15 is 0 Å². The fourth-order valence-corrected chi connectivity index (χ4v) is 2.56.